The monoisotopic (exact) mass is 330 g/mol. The van der Waals surface area contributed by atoms with Crippen molar-refractivity contribution < 1.29 is 9.13 Å². The summed E-state index contributed by atoms with van der Waals surface area (Å²) in [6, 6.07) is 14.5. The van der Waals surface area contributed by atoms with Crippen molar-refractivity contribution in [2.75, 3.05) is 38.2 Å². The first-order chi connectivity index (χ1) is 11.2. The Balaban J connectivity index is 1.64. The second-order valence-electron chi connectivity index (χ2n) is 5.49. The summed E-state index contributed by atoms with van der Waals surface area (Å²) in [5.74, 6) is 0.612. The molecule has 120 valence electrons. The zero-order valence-corrected chi connectivity index (χ0v) is 13.9. The van der Waals surface area contributed by atoms with Crippen molar-refractivity contribution in [1.82, 2.24) is 4.90 Å². The number of halogens is 1. The zero-order chi connectivity index (χ0) is 16.2. The van der Waals surface area contributed by atoms with Gasteiger partial charge in [-0.05, 0) is 36.4 Å². The number of ether oxygens (including phenoxy) is 1. The van der Waals surface area contributed by atoms with E-state index in [0.29, 0.717) is 0 Å². The maximum Gasteiger partial charge on any atom is 0.123 e. The van der Waals surface area contributed by atoms with Gasteiger partial charge in [-0.1, -0.05) is 24.4 Å². The summed E-state index contributed by atoms with van der Waals surface area (Å²) in [5, 5.41) is 0. The molecular formula is C18H19FN2OS. The third-order valence-electron chi connectivity index (χ3n) is 4.08. The highest BCUT2D eigenvalue weighted by Gasteiger charge is 2.20. The van der Waals surface area contributed by atoms with Gasteiger partial charge in [0, 0.05) is 37.4 Å². The topological polar surface area (TPSA) is 15.7 Å². The molecule has 3 nitrogen and oxygen atoms in total. The molecule has 0 saturated carbocycles. The summed E-state index contributed by atoms with van der Waals surface area (Å²) in [7, 11) is 1.66. The van der Waals surface area contributed by atoms with Crippen LogP contribution in [0.15, 0.2) is 48.5 Å². The van der Waals surface area contributed by atoms with Gasteiger partial charge < -0.3 is 14.5 Å². The molecule has 1 heterocycles. The Bertz CT molecular complexity index is 682. The van der Waals surface area contributed by atoms with Gasteiger partial charge in [0.15, 0.2) is 0 Å². The van der Waals surface area contributed by atoms with Crippen LogP contribution in [0.25, 0.3) is 0 Å². The molecule has 0 aliphatic carbocycles. The first-order valence-corrected chi connectivity index (χ1v) is 8.02. The number of hydrogen-bond donors (Lipinski definition) is 0. The van der Waals surface area contributed by atoms with E-state index in [9.17, 15) is 4.39 Å². The quantitative estimate of drug-likeness (QED) is 0.802. The number of methoxy groups -OCH3 is 1. The molecule has 0 atom stereocenters. The molecule has 0 amide bonds. The summed E-state index contributed by atoms with van der Waals surface area (Å²) in [5.41, 5.74) is 2.06. The standard InChI is InChI=1S/C18H19FN2OS/c1-22-17-4-2-3-14(13-17)18(23)21-11-9-20(10-12-21)16-7-5-15(19)6-8-16/h2-8,13H,9-12H2,1H3. The molecule has 5 heteroatoms. The lowest BCUT2D eigenvalue weighted by Crippen LogP contribution is -2.48. The van der Waals surface area contributed by atoms with Crippen LogP contribution in [0.5, 0.6) is 5.75 Å². The number of rotatable bonds is 3. The predicted molar refractivity (Wildman–Crippen MR) is 94.9 cm³/mol. The van der Waals surface area contributed by atoms with E-state index in [1.165, 1.54) is 12.1 Å². The van der Waals surface area contributed by atoms with E-state index >= 15 is 0 Å². The average Bonchev–Trinajstić information content (AvgIpc) is 2.62. The fourth-order valence-corrected chi connectivity index (χ4v) is 3.07. The SMILES string of the molecule is COc1cccc(C(=S)N2CCN(c3ccc(F)cc3)CC2)c1. The molecular weight excluding hydrogens is 311 g/mol. The van der Waals surface area contributed by atoms with Crippen molar-refractivity contribution in [3.8, 4) is 5.75 Å². The van der Waals surface area contributed by atoms with Crippen molar-refractivity contribution in [2.24, 2.45) is 0 Å². The molecule has 2 aromatic carbocycles. The van der Waals surface area contributed by atoms with Crippen LogP contribution in [0, 0.1) is 5.82 Å². The lowest BCUT2D eigenvalue weighted by atomic mass is 10.1. The Morgan fingerprint density at radius 3 is 2.39 bits per heavy atom. The molecule has 2 aromatic rings. The normalized spacial score (nSPS) is 14.7. The maximum atomic E-state index is 13.0. The minimum Gasteiger partial charge on any atom is -0.497 e. The van der Waals surface area contributed by atoms with Crippen LogP contribution >= 0.6 is 12.2 Å². The fraction of sp³-hybridized carbons (Fsp3) is 0.278. The van der Waals surface area contributed by atoms with Crippen LogP contribution in [0.3, 0.4) is 0 Å². The Morgan fingerprint density at radius 2 is 1.74 bits per heavy atom. The van der Waals surface area contributed by atoms with E-state index in [0.717, 1.165) is 48.2 Å². The Kier molecular flexibility index (Phi) is 4.76. The highest BCUT2D eigenvalue weighted by atomic mass is 32.1. The van der Waals surface area contributed by atoms with E-state index < -0.39 is 0 Å². The molecule has 1 aliphatic rings. The molecule has 0 N–H and O–H groups in total. The molecule has 0 radical (unpaired) electrons. The van der Waals surface area contributed by atoms with Crippen LogP contribution in [0.4, 0.5) is 10.1 Å². The summed E-state index contributed by atoms with van der Waals surface area (Å²) in [6.45, 7) is 3.45. The molecule has 0 bridgehead atoms. The van der Waals surface area contributed by atoms with Crippen molar-refractivity contribution in [3.63, 3.8) is 0 Å². The second-order valence-corrected chi connectivity index (χ2v) is 5.87. The third kappa shape index (κ3) is 3.62. The van der Waals surface area contributed by atoms with Crippen LogP contribution in [0.1, 0.15) is 5.56 Å². The summed E-state index contributed by atoms with van der Waals surface area (Å²) < 4.78 is 18.3. The number of thiocarbonyl (C=S) groups is 1. The maximum absolute atomic E-state index is 13.0. The van der Waals surface area contributed by atoms with Crippen molar-refractivity contribution >= 4 is 22.9 Å². The fourth-order valence-electron chi connectivity index (χ4n) is 2.76. The van der Waals surface area contributed by atoms with Crippen LogP contribution < -0.4 is 9.64 Å². The van der Waals surface area contributed by atoms with Gasteiger partial charge in [0.05, 0.1) is 7.11 Å². The minimum atomic E-state index is -0.202. The molecule has 0 aromatic heterocycles. The molecule has 0 unspecified atom stereocenters. The Labute approximate surface area is 141 Å². The summed E-state index contributed by atoms with van der Waals surface area (Å²) >= 11 is 5.62. The van der Waals surface area contributed by atoms with Gasteiger partial charge in [-0.3, -0.25) is 0 Å². The lowest BCUT2D eigenvalue weighted by molar-refractivity contribution is 0.391. The van der Waals surface area contributed by atoms with Gasteiger partial charge in [0.1, 0.15) is 16.6 Å². The number of nitrogens with zero attached hydrogens (tertiary/aromatic N) is 2. The lowest BCUT2D eigenvalue weighted by Gasteiger charge is -2.37. The second kappa shape index (κ2) is 6.96. The van der Waals surface area contributed by atoms with Crippen molar-refractivity contribution in [2.45, 2.75) is 0 Å². The first kappa shape index (κ1) is 15.7. The number of benzene rings is 2. The smallest absolute Gasteiger partial charge is 0.123 e. The van der Waals surface area contributed by atoms with Gasteiger partial charge >= 0.3 is 0 Å². The summed E-state index contributed by atoms with van der Waals surface area (Å²) in [4.78, 5) is 5.32. The molecule has 23 heavy (non-hydrogen) atoms. The third-order valence-corrected chi connectivity index (χ3v) is 4.57. The highest BCUT2D eigenvalue weighted by Crippen LogP contribution is 2.19. The van der Waals surface area contributed by atoms with Crippen LogP contribution in [-0.4, -0.2) is 43.2 Å². The Hall–Kier alpha value is -2.14. The number of piperazine rings is 1. The summed E-state index contributed by atoms with van der Waals surface area (Å²) in [6.07, 6.45) is 0. The zero-order valence-electron chi connectivity index (χ0n) is 13.0. The van der Waals surface area contributed by atoms with Gasteiger partial charge in [-0.2, -0.15) is 0 Å². The van der Waals surface area contributed by atoms with Crippen molar-refractivity contribution in [1.29, 1.82) is 0 Å². The van der Waals surface area contributed by atoms with Crippen molar-refractivity contribution in [3.05, 3.63) is 59.9 Å². The van der Waals surface area contributed by atoms with E-state index in [4.69, 9.17) is 17.0 Å². The molecule has 1 saturated heterocycles. The van der Waals surface area contributed by atoms with E-state index in [-0.39, 0.29) is 5.82 Å². The molecule has 1 fully saturated rings. The highest BCUT2D eigenvalue weighted by molar-refractivity contribution is 7.80. The van der Waals surface area contributed by atoms with Crippen LogP contribution in [-0.2, 0) is 0 Å². The molecule has 1 aliphatic heterocycles. The van der Waals surface area contributed by atoms with E-state index in [2.05, 4.69) is 9.80 Å². The number of hydrogen-bond acceptors (Lipinski definition) is 3. The van der Waals surface area contributed by atoms with Gasteiger partial charge in [0.2, 0.25) is 0 Å². The van der Waals surface area contributed by atoms with Crippen LogP contribution in [0.2, 0.25) is 0 Å². The van der Waals surface area contributed by atoms with Gasteiger partial charge in [0.25, 0.3) is 0 Å². The first-order valence-electron chi connectivity index (χ1n) is 7.61. The van der Waals surface area contributed by atoms with Gasteiger partial charge in [-0.15, -0.1) is 0 Å². The average molecular weight is 330 g/mol. The largest absolute Gasteiger partial charge is 0.497 e. The Morgan fingerprint density at radius 1 is 1.04 bits per heavy atom. The minimum absolute atomic E-state index is 0.202. The molecule has 3 rings (SSSR count). The van der Waals surface area contributed by atoms with E-state index in [1.807, 2.05) is 36.4 Å². The predicted octanol–water partition coefficient (Wildman–Crippen LogP) is 3.33. The van der Waals surface area contributed by atoms with Gasteiger partial charge in [-0.25, -0.2) is 4.39 Å². The van der Waals surface area contributed by atoms with E-state index in [1.54, 1.807) is 7.11 Å². The number of anilines is 1. The molecule has 0 spiro atoms.